The Morgan fingerprint density at radius 3 is 1.84 bits per heavy atom. The predicted molar refractivity (Wildman–Crippen MR) is 94.9 cm³/mol. The molecule has 1 atom stereocenters. The first-order valence-corrected chi connectivity index (χ1v) is 9.45. The molecule has 1 aliphatic heterocycles. The van der Waals surface area contributed by atoms with Gasteiger partial charge in [-0.3, -0.25) is 4.90 Å². The van der Waals surface area contributed by atoms with Crippen LogP contribution in [0.1, 0.15) is 53.1 Å². The van der Waals surface area contributed by atoms with Gasteiger partial charge in [0, 0.05) is 12.6 Å². The summed E-state index contributed by atoms with van der Waals surface area (Å²) in [6.45, 7) is 0.114. The average molecular weight is 455 g/mol. The normalized spacial score (nSPS) is 18.9. The molecule has 1 fully saturated rings. The van der Waals surface area contributed by atoms with Crippen LogP contribution in [-0.2, 0) is 25.1 Å². The van der Waals surface area contributed by atoms with Crippen LogP contribution < -0.4 is 0 Å². The molecular weight excluding hydrogens is 437 g/mol. The van der Waals surface area contributed by atoms with Crippen molar-refractivity contribution in [3.8, 4) is 0 Å². The molecule has 0 saturated carbocycles. The highest BCUT2D eigenvalue weighted by Gasteiger charge is 2.39. The van der Waals surface area contributed by atoms with E-state index in [0.717, 1.165) is 24.6 Å². The molecule has 1 nitrogen and oxygen atoms in total. The van der Waals surface area contributed by atoms with E-state index >= 15 is 0 Å². The first kappa shape index (κ1) is 23.4. The van der Waals surface area contributed by atoms with Crippen LogP contribution in [0.3, 0.4) is 0 Å². The largest absolute Gasteiger partial charge is 0.416 e. The molecule has 2 aromatic carbocycles. The maximum Gasteiger partial charge on any atom is 0.416 e. The summed E-state index contributed by atoms with van der Waals surface area (Å²) in [4.78, 5) is 1.67. The smallest absolute Gasteiger partial charge is 0.292 e. The van der Waals surface area contributed by atoms with Crippen molar-refractivity contribution in [2.45, 2.75) is 50.4 Å². The Labute approximate surface area is 172 Å². The maximum absolute atomic E-state index is 13.5. The second-order valence-electron chi connectivity index (χ2n) is 7.47. The van der Waals surface area contributed by atoms with Crippen LogP contribution in [0.2, 0.25) is 0 Å². The number of hydrogen-bond acceptors (Lipinski definition) is 1. The number of halogens is 9. The lowest BCUT2D eigenvalue weighted by molar-refractivity contribution is -0.143. The zero-order chi connectivity index (χ0) is 23.0. The highest BCUT2D eigenvalue weighted by atomic mass is 19.4. The summed E-state index contributed by atoms with van der Waals surface area (Å²) < 4.78 is 117. The molecule has 170 valence electrons. The number of rotatable bonds is 3. The van der Waals surface area contributed by atoms with Gasteiger partial charge in [-0.25, -0.2) is 0 Å². The van der Waals surface area contributed by atoms with E-state index in [-0.39, 0.29) is 18.2 Å². The fraction of sp³-hybridized carbons (Fsp3) is 0.429. The lowest BCUT2D eigenvalue weighted by Crippen LogP contribution is -2.33. The van der Waals surface area contributed by atoms with E-state index in [9.17, 15) is 39.5 Å². The van der Waals surface area contributed by atoms with Gasteiger partial charge in [-0.15, -0.1) is 0 Å². The van der Waals surface area contributed by atoms with Crippen molar-refractivity contribution < 1.29 is 39.5 Å². The Morgan fingerprint density at radius 2 is 1.29 bits per heavy atom. The van der Waals surface area contributed by atoms with Gasteiger partial charge in [0.1, 0.15) is 0 Å². The molecule has 1 aliphatic rings. The lowest BCUT2D eigenvalue weighted by atomic mass is 9.93. The molecule has 0 bridgehead atoms. The van der Waals surface area contributed by atoms with Crippen molar-refractivity contribution in [2.24, 2.45) is 0 Å². The van der Waals surface area contributed by atoms with Crippen molar-refractivity contribution in [3.05, 3.63) is 70.3 Å². The fourth-order valence-corrected chi connectivity index (χ4v) is 3.83. The van der Waals surface area contributed by atoms with Gasteiger partial charge in [-0.2, -0.15) is 39.5 Å². The summed E-state index contributed by atoms with van der Waals surface area (Å²) in [5, 5.41) is 0. The van der Waals surface area contributed by atoms with Gasteiger partial charge in [0.15, 0.2) is 0 Å². The number of benzene rings is 2. The molecular formula is C21H18F9N. The van der Waals surface area contributed by atoms with E-state index in [2.05, 4.69) is 0 Å². The molecule has 1 unspecified atom stereocenters. The first-order chi connectivity index (χ1) is 14.3. The minimum Gasteiger partial charge on any atom is -0.292 e. The van der Waals surface area contributed by atoms with E-state index < -0.39 is 41.3 Å². The summed E-state index contributed by atoms with van der Waals surface area (Å²) in [6, 6.07) is 5.53. The van der Waals surface area contributed by atoms with Crippen LogP contribution in [0.5, 0.6) is 0 Å². The van der Waals surface area contributed by atoms with Crippen molar-refractivity contribution in [2.75, 3.05) is 6.54 Å². The summed E-state index contributed by atoms with van der Waals surface area (Å²) in [7, 11) is 0. The number of alkyl halides is 9. The molecule has 10 heteroatoms. The van der Waals surface area contributed by atoms with Crippen LogP contribution in [0.4, 0.5) is 39.5 Å². The molecule has 2 aromatic rings. The predicted octanol–water partition coefficient (Wildman–Crippen LogP) is 7.47. The highest BCUT2D eigenvalue weighted by Crippen LogP contribution is 2.40. The van der Waals surface area contributed by atoms with Crippen molar-refractivity contribution in [3.63, 3.8) is 0 Å². The Balaban J connectivity index is 1.91. The Bertz CT molecular complexity index is 895. The fourth-order valence-electron chi connectivity index (χ4n) is 3.83. The van der Waals surface area contributed by atoms with Gasteiger partial charge in [0.2, 0.25) is 0 Å². The molecule has 0 aliphatic carbocycles. The van der Waals surface area contributed by atoms with Crippen molar-refractivity contribution in [1.29, 1.82) is 0 Å². The summed E-state index contributed by atoms with van der Waals surface area (Å²) in [5.74, 6) is 0. The van der Waals surface area contributed by atoms with Crippen LogP contribution in [-0.4, -0.2) is 11.4 Å². The Hall–Kier alpha value is -2.23. The van der Waals surface area contributed by atoms with E-state index in [4.69, 9.17) is 0 Å². The average Bonchev–Trinajstić information content (AvgIpc) is 2.66. The third-order valence-electron chi connectivity index (χ3n) is 5.35. The SMILES string of the molecule is FC(F)(F)c1ccc(C2CCCCN2Cc2ccc(C(F)(F)F)cc2C(F)(F)F)cc1. The van der Waals surface area contributed by atoms with Crippen LogP contribution in [0, 0.1) is 0 Å². The zero-order valence-electron chi connectivity index (χ0n) is 16.0. The number of likely N-dealkylation sites (tertiary alicyclic amines) is 1. The van der Waals surface area contributed by atoms with Gasteiger partial charge in [0.25, 0.3) is 0 Å². The molecule has 0 amide bonds. The third-order valence-corrected chi connectivity index (χ3v) is 5.35. The molecule has 0 radical (unpaired) electrons. The van der Waals surface area contributed by atoms with Crippen LogP contribution in [0.25, 0.3) is 0 Å². The van der Waals surface area contributed by atoms with Gasteiger partial charge in [0.05, 0.1) is 16.7 Å². The van der Waals surface area contributed by atoms with E-state index in [0.29, 0.717) is 31.0 Å². The second-order valence-corrected chi connectivity index (χ2v) is 7.47. The maximum atomic E-state index is 13.5. The summed E-state index contributed by atoms with van der Waals surface area (Å²) >= 11 is 0. The van der Waals surface area contributed by atoms with Crippen molar-refractivity contribution >= 4 is 0 Å². The van der Waals surface area contributed by atoms with Crippen molar-refractivity contribution in [1.82, 2.24) is 4.90 Å². The minimum atomic E-state index is -4.98. The second kappa shape index (κ2) is 8.37. The Morgan fingerprint density at radius 1 is 0.710 bits per heavy atom. The number of hydrogen-bond donors (Lipinski definition) is 0. The van der Waals surface area contributed by atoms with Gasteiger partial charge in [-0.05, 0) is 54.8 Å². The van der Waals surface area contributed by atoms with Crippen LogP contribution >= 0.6 is 0 Å². The molecule has 31 heavy (non-hydrogen) atoms. The van der Waals surface area contributed by atoms with Gasteiger partial charge in [-0.1, -0.05) is 24.6 Å². The number of nitrogens with zero attached hydrogens (tertiary/aromatic N) is 1. The van der Waals surface area contributed by atoms with Gasteiger partial charge < -0.3 is 0 Å². The topological polar surface area (TPSA) is 3.24 Å². The molecule has 0 N–H and O–H groups in total. The molecule has 0 aromatic heterocycles. The Kier molecular flexibility index (Phi) is 6.32. The lowest BCUT2D eigenvalue weighted by Gasteiger charge is -2.36. The third kappa shape index (κ3) is 5.53. The standard InChI is InChI=1S/C21H18F9N/c22-19(23,24)15-7-4-13(5-8-15)18-3-1-2-10-31(18)12-14-6-9-16(20(25,26)27)11-17(14)21(28,29)30/h4-9,11,18H,1-3,10,12H2. The highest BCUT2D eigenvalue weighted by molar-refractivity contribution is 5.36. The molecule has 1 heterocycles. The molecule has 1 saturated heterocycles. The van der Waals surface area contributed by atoms with Crippen LogP contribution in [0.15, 0.2) is 42.5 Å². The summed E-state index contributed by atoms with van der Waals surface area (Å²) in [6.07, 6.45) is -12.5. The summed E-state index contributed by atoms with van der Waals surface area (Å²) in [5.41, 5.74) is -3.37. The quantitative estimate of drug-likeness (QED) is 0.434. The molecule has 3 rings (SSSR count). The zero-order valence-corrected chi connectivity index (χ0v) is 16.0. The van der Waals surface area contributed by atoms with Gasteiger partial charge >= 0.3 is 18.5 Å². The van der Waals surface area contributed by atoms with E-state index in [1.54, 1.807) is 4.90 Å². The first-order valence-electron chi connectivity index (χ1n) is 9.45. The monoisotopic (exact) mass is 455 g/mol. The number of piperidine rings is 1. The van der Waals surface area contributed by atoms with E-state index in [1.165, 1.54) is 12.1 Å². The minimum absolute atomic E-state index is 0.104. The van der Waals surface area contributed by atoms with E-state index in [1.807, 2.05) is 0 Å². The molecule has 0 spiro atoms.